The monoisotopic (exact) mass is 556 g/mol. The third-order valence-electron chi connectivity index (χ3n) is 3.78. The van der Waals surface area contributed by atoms with E-state index in [2.05, 4.69) is 43.9 Å². The summed E-state index contributed by atoms with van der Waals surface area (Å²) < 4.78 is 11.9. The SMILES string of the molecule is COc1cc(/C=C2/C(=O)NN(c3ccc(I)cc3)C2=O)cc(Br)c1OC(C)=O. The number of esters is 1. The van der Waals surface area contributed by atoms with Crippen LogP contribution in [0.25, 0.3) is 6.08 Å². The van der Waals surface area contributed by atoms with Crippen LogP contribution < -0.4 is 19.9 Å². The van der Waals surface area contributed by atoms with Crippen molar-refractivity contribution in [1.82, 2.24) is 5.43 Å². The molecule has 0 atom stereocenters. The Morgan fingerprint density at radius 2 is 1.89 bits per heavy atom. The van der Waals surface area contributed by atoms with E-state index < -0.39 is 17.8 Å². The highest BCUT2D eigenvalue weighted by Gasteiger charge is 2.34. The molecule has 1 N–H and O–H groups in total. The first kappa shape index (κ1) is 20.3. The molecule has 1 aliphatic rings. The Kier molecular flexibility index (Phi) is 6.04. The molecule has 2 aromatic carbocycles. The molecule has 7 nitrogen and oxygen atoms in total. The van der Waals surface area contributed by atoms with Crippen LogP contribution >= 0.6 is 38.5 Å². The molecule has 3 rings (SSSR count). The van der Waals surface area contributed by atoms with Crippen LogP contribution in [0.3, 0.4) is 0 Å². The number of benzene rings is 2. The predicted octanol–water partition coefficient (Wildman–Crippen LogP) is 3.45. The lowest BCUT2D eigenvalue weighted by Crippen LogP contribution is -2.35. The van der Waals surface area contributed by atoms with Crippen molar-refractivity contribution in [3.63, 3.8) is 0 Å². The van der Waals surface area contributed by atoms with Crippen LogP contribution in [0.2, 0.25) is 0 Å². The number of nitrogens with one attached hydrogen (secondary N) is 1. The number of halogens is 2. The van der Waals surface area contributed by atoms with Gasteiger partial charge in [0.05, 0.1) is 17.3 Å². The van der Waals surface area contributed by atoms with Crippen molar-refractivity contribution in [2.75, 3.05) is 12.1 Å². The summed E-state index contributed by atoms with van der Waals surface area (Å²) in [6.07, 6.45) is 1.45. The van der Waals surface area contributed by atoms with Gasteiger partial charge in [-0.2, -0.15) is 0 Å². The number of ether oxygens (including phenoxy) is 2. The molecule has 144 valence electrons. The molecular formula is C19H14BrIN2O5. The summed E-state index contributed by atoms with van der Waals surface area (Å²) in [6.45, 7) is 1.28. The Hall–Kier alpha value is -2.40. The van der Waals surface area contributed by atoms with Crippen molar-refractivity contribution in [2.24, 2.45) is 0 Å². The Balaban J connectivity index is 1.95. The van der Waals surface area contributed by atoms with Gasteiger partial charge in [0, 0.05) is 10.5 Å². The van der Waals surface area contributed by atoms with Crippen molar-refractivity contribution >= 4 is 68.1 Å². The zero-order valence-electron chi connectivity index (χ0n) is 14.8. The fourth-order valence-electron chi connectivity index (χ4n) is 2.56. The molecule has 0 aromatic heterocycles. The number of nitrogens with zero attached hydrogens (tertiary/aromatic N) is 1. The Morgan fingerprint density at radius 3 is 2.50 bits per heavy atom. The van der Waals surface area contributed by atoms with E-state index in [-0.39, 0.29) is 17.1 Å². The summed E-state index contributed by atoms with van der Waals surface area (Å²) in [5.74, 6) is -0.965. The Morgan fingerprint density at radius 1 is 1.21 bits per heavy atom. The van der Waals surface area contributed by atoms with E-state index in [1.807, 2.05) is 12.1 Å². The van der Waals surface area contributed by atoms with Crippen LogP contribution in [-0.2, 0) is 14.4 Å². The molecule has 0 aliphatic carbocycles. The molecule has 2 amide bonds. The zero-order valence-corrected chi connectivity index (χ0v) is 18.5. The summed E-state index contributed by atoms with van der Waals surface area (Å²) in [4.78, 5) is 36.3. The van der Waals surface area contributed by atoms with Crippen LogP contribution in [-0.4, -0.2) is 24.9 Å². The van der Waals surface area contributed by atoms with Gasteiger partial charge in [-0.25, -0.2) is 5.01 Å². The average Bonchev–Trinajstić information content (AvgIpc) is 2.92. The first-order chi connectivity index (χ1) is 13.3. The maximum atomic E-state index is 12.7. The standard InChI is InChI=1S/C19H14BrIN2O5/c1-10(24)28-17-15(20)8-11(9-16(17)27-2)7-14-18(25)22-23(19(14)26)13-5-3-12(21)4-6-13/h3-9H,1-2H3,(H,22,25)/b14-7-. The number of carbonyl (C=O) groups is 3. The van der Waals surface area contributed by atoms with Gasteiger partial charge >= 0.3 is 5.97 Å². The first-order valence-corrected chi connectivity index (χ1v) is 9.86. The van der Waals surface area contributed by atoms with E-state index in [1.54, 1.807) is 24.3 Å². The van der Waals surface area contributed by atoms with Crippen molar-refractivity contribution in [2.45, 2.75) is 6.92 Å². The second-order valence-corrected chi connectivity index (χ2v) is 7.84. The summed E-state index contributed by atoms with van der Waals surface area (Å²) >= 11 is 5.48. The minimum Gasteiger partial charge on any atom is -0.493 e. The molecule has 9 heteroatoms. The lowest BCUT2D eigenvalue weighted by Gasteiger charge is -2.14. The highest BCUT2D eigenvalue weighted by atomic mass is 127. The lowest BCUT2D eigenvalue weighted by atomic mass is 10.1. The molecule has 0 saturated carbocycles. The second kappa shape index (κ2) is 8.31. The number of carbonyl (C=O) groups excluding carboxylic acids is 3. The number of methoxy groups -OCH3 is 1. The maximum Gasteiger partial charge on any atom is 0.308 e. The van der Waals surface area contributed by atoms with Crippen LogP contribution in [0.15, 0.2) is 46.4 Å². The number of hydrazine groups is 1. The number of hydrogen-bond donors (Lipinski definition) is 1. The summed E-state index contributed by atoms with van der Waals surface area (Å²) in [5, 5.41) is 1.20. The smallest absolute Gasteiger partial charge is 0.308 e. The summed E-state index contributed by atoms with van der Waals surface area (Å²) in [5.41, 5.74) is 3.62. The molecule has 0 radical (unpaired) electrons. The minimum atomic E-state index is -0.511. The fraction of sp³-hybridized carbons (Fsp3) is 0.105. The van der Waals surface area contributed by atoms with E-state index in [4.69, 9.17) is 9.47 Å². The van der Waals surface area contributed by atoms with Crippen LogP contribution in [0.1, 0.15) is 12.5 Å². The average molecular weight is 557 g/mol. The molecule has 1 fully saturated rings. The third-order valence-corrected chi connectivity index (χ3v) is 5.09. The molecule has 2 aromatic rings. The fourth-order valence-corrected chi connectivity index (χ4v) is 3.46. The van der Waals surface area contributed by atoms with Crippen molar-refractivity contribution in [1.29, 1.82) is 0 Å². The highest BCUT2D eigenvalue weighted by Crippen LogP contribution is 2.37. The van der Waals surface area contributed by atoms with E-state index >= 15 is 0 Å². The van der Waals surface area contributed by atoms with Gasteiger partial charge in [-0.1, -0.05) is 0 Å². The lowest BCUT2D eigenvalue weighted by molar-refractivity contribution is -0.132. The van der Waals surface area contributed by atoms with Gasteiger partial charge in [-0.3, -0.25) is 19.8 Å². The predicted molar refractivity (Wildman–Crippen MR) is 115 cm³/mol. The maximum absolute atomic E-state index is 12.7. The first-order valence-electron chi connectivity index (χ1n) is 7.99. The van der Waals surface area contributed by atoms with Gasteiger partial charge in [-0.05, 0) is 86.6 Å². The summed E-state index contributed by atoms with van der Waals surface area (Å²) in [7, 11) is 1.43. The topological polar surface area (TPSA) is 84.9 Å². The molecule has 0 unspecified atom stereocenters. The van der Waals surface area contributed by atoms with Crippen LogP contribution in [0, 0.1) is 3.57 Å². The van der Waals surface area contributed by atoms with E-state index in [1.165, 1.54) is 25.1 Å². The normalized spacial score (nSPS) is 15.0. The molecule has 1 saturated heterocycles. The zero-order chi connectivity index (χ0) is 20.4. The quantitative estimate of drug-likeness (QED) is 0.205. The number of rotatable bonds is 4. The number of hydrogen-bond acceptors (Lipinski definition) is 5. The van der Waals surface area contributed by atoms with E-state index in [0.29, 0.717) is 15.7 Å². The molecule has 0 bridgehead atoms. The highest BCUT2D eigenvalue weighted by molar-refractivity contribution is 14.1. The molecule has 1 aliphatic heterocycles. The third kappa shape index (κ3) is 4.20. The van der Waals surface area contributed by atoms with Crippen LogP contribution in [0.5, 0.6) is 11.5 Å². The van der Waals surface area contributed by atoms with Gasteiger partial charge in [0.25, 0.3) is 11.8 Å². The summed E-state index contributed by atoms with van der Waals surface area (Å²) in [6, 6.07) is 10.4. The molecule has 0 spiro atoms. The molecular weight excluding hydrogens is 543 g/mol. The number of amides is 2. The van der Waals surface area contributed by atoms with Gasteiger partial charge in [0.15, 0.2) is 11.5 Å². The molecule has 1 heterocycles. The minimum absolute atomic E-state index is 0.0206. The van der Waals surface area contributed by atoms with E-state index in [9.17, 15) is 14.4 Å². The number of anilines is 1. The second-order valence-electron chi connectivity index (χ2n) is 5.74. The van der Waals surface area contributed by atoms with E-state index in [0.717, 1.165) is 3.57 Å². The van der Waals surface area contributed by atoms with Gasteiger partial charge in [0.1, 0.15) is 5.57 Å². The van der Waals surface area contributed by atoms with Crippen molar-refractivity contribution < 1.29 is 23.9 Å². The van der Waals surface area contributed by atoms with Gasteiger partial charge < -0.3 is 9.47 Å². The van der Waals surface area contributed by atoms with Crippen molar-refractivity contribution in [3.05, 3.63) is 55.6 Å². The van der Waals surface area contributed by atoms with Crippen LogP contribution in [0.4, 0.5) is 5.69 Å². The Labute approximate surface area is 182 Å². The largest absolute Gasteiger partial charge is 0.493 e. The van der Waals surface area contributed by atoms with Gasteiger partial charge in [-0.15, -0.1) is 0 Å². The van der Waals surface area contributed by atoms with Crippen molar-refractivity contribution in [3.8, 4) is 11.5 Å². The molecule has 28 heavy (non-hydrogen) atoms. The van der Waals surface area contributed by atoms with Gasteiger partial charge in [0.2, 0.25) is 0 Å². The Bertz CT molecular complexity index is 1000.